The van der Waals surface area contributed by atoms with E-state index in [0.29, 0.717) is 30.4 Å². The number of hydrogen-bond acceptors (Lipinski definition) is 5. The molecule has 0 fully saturated rings. The normalized spacial score (nSPS) is 23.9. The number of alkyl carbamates (subject to hydrolysis) is 1. The standard InChI is InChI=1S/C20H28ClN5O3/c1-6-20(10-24-18(28)29-19(3,4)5)9-23-16(27)12-7-13(25-15(12)20)14-11(2)8-22-17(21)26-14/h7-8,14,25H,6,9-10H2,1-5H3,(H,22,26)(H,23,27)(H,24,28). The van der Waals surface area contributed by atoms with Crippen LogP contribution in [-0.4, -0.2) is 41.0 Å². The Morgan fingerprint density at radius 2 is 2.17 bits per heavy atom. The van der Waals surface area contributed by atoms with Crippen LogP contribution in [0.15, 0.2) is 22.8 Å². The SMILES string of the molecule is CCC1(CNC(=O)OC(C)(C)C)CNC(=O)c2cc(C3N=C(Cl)NC=C3C)[nH]c21. The van der Waals surface area contributed by atoms with Gasteiger partial charge in [-0.05, 0) is 57.4 Å². The van der Waals surface area contributed by atoms with Crippen molar-refractivity contribution in [3.8, 4) is 0 Å². The van der Waals surface area contributed by atoms with Crippen LogP contribution >= 0.6 is 11.6 Å². The number of aromatic nitrogens is 1. The summed E-state index contributed by atoms with van der Waals surface area (Å²) in [6, 6.07) is 1.53. The minimum absolute atomic E-state index is 0.144. The Labute approximate surface area is 175 Å². The number of carbonyl (C=O) groups excluding carboxylic acids is 2. The lowest BCUT2D eigenvalue weighted by molar-refractivity contribution is 0.0512. The number of amidine groups is 1. The summed E-state index contributed by atoms with van der Waals surface area (Å²) in [6.45, 7) is 10.2. The number of nitrogens with one attached hydrogen (secondary N) is 4. The number of aromatic amines is 1. The summed E-state index contributed by atoms with van der Waals surface area (Å²) in [4.78, 5) is 32.6. The van der Waals surface area contributed by atoms with E-state index in [2.05, 4.69) is 25.9 Å². The second kappa shape index (κ2) is 7.74. The summed E-state index contributed by atoms with van der Waals surface area (Å²) in [5, 5.41) is 8.98. The smallest absolute Gasteiger partial charge is 0.407 e. The first-order valence-electron chi connectivity index (χ1n) is 9.69. The molecule has 2 unspecified atom stereocenters. The average Bonchev–Trinajstić information content (AvgIpc) is 3.09. The summed E-state index contributed by atoms with van der Waals surface area (Å²) >= 11 is 6.04. The van der Waals surface area contributed by atoms with Gasteiger partial charge in [0.25, 0.3) is 5.91 Å². The van der Waals surface area contributed by atoms with E-state index in [-0.39, 0.29) is 11.9 Å². The summed E-state index contributed by atoms with van der Waals surface area (Å²) in [6.07, 6.45) is 2.03. The Bertz CT molecular complexity index is 883. The largest absolute Gasteiger partial charge is 0.444 e. The number of H-pyrrole nitrogens is 1. The average molecular weight is 422 g/mol. The van der Waals surface area contributed by atoms with Gasteiger partial charge in [-0.3, -0.25) is 4.79 Å². The van der Waals surface area contributed by atoms with E-state index < -0.39 is 17.1 Å². The lowest BCUT2D eigenvalue weighted by Gasteiger charge is -2.36. The van der Waals surface area contributed by atoms with Crippen LogP contribution in [0.3, 0.4) is 0 Å². The summed E-state index contributed by atoms with van der Waals surface area (Å²) in [7, 11) is 0. The number of amides is 2. The second-order valence-electron chi connectivity index (χ2n) is 8.54. The molecule has 9 heteroatoms. The molecule has 2 aliphatic rings. The molecule has 158 valence electrons. The second-order valence-corrected chi connectivity index (χ2v) is 8.90. The molecule has 29 heavy (non-hydrogen) atoms. The van der Waals surface area contributed by atoms with E-state index in [1.54, 1.807) is 6.20 Å². The molecule has 3 heterocycles. The third kappa shape index (κ3) is 4.42. The Balaban J connectivity index is 1.91. The number of fused-ring (bicyclic) bond motifs is 1. The van der Waals surface area contributed by atoms with Gasteiger partial charge in [0.15, 0.2) is 5.29 Å². The molecular formula is C20H28ClN5O3. The maximum absolute atomic E-state index is 12.5. The van der Waals surface area contributed by atoms with E-state index >= 15 is 0 Å². The third-order valence-electron chi connectivity index (χ3n) is 5.23. The molecule has 2 aliphatic heterocycles. The van der Waals surface area contributed by atoms with E-state index in [1.807, 2.05) is 40.7 Å². The number of nitrogens with zero attached hydrogens (tertiary/aromatic N) is 1. The first-order valence-corrected chi connectivity index (χ1v) is 10.1. The van der Waals surface area contributed by atoms with Gasteiger partial charge in [0.1, 0.15) is 11.6 Å². The number of carbonyl (C=O) groups is 2. The molecule has 1 aromatic rings. The van der Waals surface area contributed by atoms with Gasteiger partial charge >= 0.3 is 6.09 Å². The van der Waals surface area contributed by atoms with Crippen LogP contribution in [-0.2, 0) is 10.2 Å². The number of rotatable bonds is 4. The molecule has 4 N–H and O–H groups in total. The fourth-order valence-corrected chi connectivity index (χ4v) is 3.76. The number of halogens is 1. The molecule has 0 saturated heterocycles. The third-order valence-corrected chi connectivity index (χ3v) is 5.44. The lowest BCUT2D eigenvalue weighted by atomic mass is 9.77. The first kappa shape index (κ1) is 21.2. The van der Waals surface area contributed by atoms with Crippen LogP contribution in [0, 0.1) is 0 Å². The predicted molar refractivity (Wildman–Crippen MR) is 112 cm³/mol. The quantitative estimate of drug-likeness (QED) is 0.560. The van der Waals surface area contributed by atoms with E-state index in [9.17, 15) is 9.59 Å². The zero-order chi connectivity index (χ0) is 21.4. The van der Waals surface area contributed by atoms with Crippen LogP contribution in [0.4, 0.5) is 4.79 Å². The van der Waals surface area contributed by atoms with Crippen LogP contribution in [0.1, 0.15) is 68.8 Å². The molecular weight excluding hydrogens is 394 g/mol. The van der Waals surface area contributed by atoms with E-state index in [0.717, 1.165) is 17.0 Å². The van der Waals surface area contributed by atoms with Gasteiger partial charge < -0.3 is 25.7 Å². The van der Waals surface area contributed by atoms with Gasteiger partial charge in [0.05, 0.1) is 5.56 Å². The van der Waals surface area contributed by atoms with Gasteiger partial charge in [-0.2, -0.15) is 0 Å². The van der Waals surface area contributed by atoms with Crippen molar-refractivity contribution >= 4 is 28.9 Å². The molecule has 0 spiro atoms. The van der Waals surface area contributed by atoms with Crippen LogP contribution < -0.4 is 16.0 Å². The molecule has 2 amide bonds. The highest BCUT2D eigenvalue weighted by atomic mass is 35.5. The fourth-order valence-electron chi connectivity index (χ4n) is 3.61. The van der Waals surface area contributed by atoms with Crippen molar-refractivity contribution in [1.29, 1.82) is 0 Å². The van der Waals surface area contributed by atoms with Crippen molar-refractivity contribution in [3.63, 3.8) is 0 Å². The van der Waals surface area contributed by atoms with E-state index in [4.69, 9.17) is 16.3 Å². The summed E-state index contributed by atoms with van der Waals surface area (Å²) < 4.78 is 5.36. The molecule has 2 atom stereocenters. The van der Waals surface area contributed by atoms with Crippen molar-refractivity contribution in [2.45, 2.75) is 58.1 Å². The Morgan fingerprint density at radius 1 is 1.45 bits per heavy atom. The first-order chi connectivity index (χ1) is 13.5. The van der Waals surface area contributed by atoms with E-state index in [1.165, 1.54) is 0 Å². The van der Waals surface area contributed by atoms with Crippen molar-refractivity contribution < 1.29 is 14.3 Å². The molecule has 0 bridgehead atoms. The predicted octanol–water partition coefficient (Wildman–Crippen LogP) is 3.07. The number of ether oxygens (including phenoxy) is 1. The van der Waals surface area contributed by atoms with Gasteiger partial charge in [0.2, 0.25) is 0 Å². The molecule has 0 aliphatic carbocycles. The Morgan fingerprint density at radius 3 is 2.83 bits per heavy atom. The summed E-state index contributed by atoms with van der Waals surface area (Å²) in [5.74, 6) is -0.144. The summed E-state index contributed by atoms with van der Waals surface area (Å²) in [5.41, 5.74) is 2.07. The Hall–Kier alpha value is -2.48. The highest BCUT2D eigenvalue weighted by Gasteiger charge is 2.41. The number of hydrogen-bond donors (Lipinski definition) is 4. The zero-order valence-electron chi connectivity index (χ0n) is 17.4. The molecule has 3 rings (SSSR count). The molecule has 0 radical (unpaired) electrons. The van der Waals surface area contributed by atoms with Crippen LogP contribution in [0.5, 0.6) is 0 Å². The van der Waals surface area contributed by atoms with Crippen LogP contribution in [0.25, 0.3) is 0 Å². The molecule has 8 nitrogen and oxygen atoms in total. The van der Waals surface area contributed by atoms with Crippen molar-refractivity contribution in [1.82, 2.24) is 20.9 Å². The number of aliphatic imine (C=N–C) groups is 1. The lowest BCUT2D eigenvalue weighted by Crippen LogP contribution is -2.53. The minimum atomic E-state index is -0.578. The highest BCUT2D eigenvalue weighted by molar-refractivity contribution is 6.64. The minimum Gasteiger partial charge on any atom is -0.444 e. The fraction of sp³-hybridized carbons (Fsp3) is 0.550. The van der Waals surface area contributed by atoms with Crippen molar-refractivity contribution in [3.05, 3.63) is 34.8 Å². The maximum Gasteiger partial charge on any atom is 0.407 e. The van der Waals surface area contributed by atoms with Crippen molar-refractivity contribution in [2.75, 3.05) is 13.1 Å². The Kier molecular flexibility index (Phi) is 5.67. The topological polar surface area (TPSA) is 108 Å². The maximum atomic E-state index is 12.5. The molecule has 1 aromatic heterocycles. The van der Waals surface area contributed by atoms with Crippen molar-refractivity contribution in [2.24, 2.45) is 4.99 Å². The highest BCUT2D eigenvalue weighted by Crippen LogP contribution is 2.36. The molecule has 0 saturated carbocycles. The van der Waals surface area contributed by atoms with Gasteiger partial charge in [-0.25, -0.2) is 9.79 Å². The zero-order valence-corrected chi connectivity index (χ0v) is 18.2. The molecule has 0 aromatic carbocycles. The van der Waals surface area contributed by atoms with Crippen LogP contribution in [0.2, 0.25) is 0 Å². The van der Waals surface area contributed by atoms with Gasteiger partial charge in [-0.15, -0.1) is 0 Å². The van der Waals surface area contributed by atoms with Gasteiger partial charge in [0, 0.05) is 36.1 Å². The van der Waals surface area contributed by atoms with Gasteiger partial charge in [-0.1, -0.05) is 6.92 Å². The monoisotopic (exact) mass is 421 g/mol.